The molecule has 1 unspecified atom stereocenters. The molecule has 0 heterocycles. The Labute approximate surface area is 131 Å². The van der Waals surface area contributed by atoms with Crippen LogP contribution in [0.15, 0.2) is 18.2 Å². The molecule has 1 amide bonds. The molecule has 1 N–H and O–H groups in total. The fourth-order valence-electron chi connectivity index (χ4n) is 1.88. The number of benzene rings is 1. The number of carbonyl (C=O) groups is 1. The first-order valence-corrected chi connectivity index (χ1v) is 8.91. The van der Waals surface area contributed by atoms with E-state index in [9.17, 15) is 13.2 Å². The molecule has 0 spiro atoms. The quantitative estimate of drug-likeness (QED) is 0.870. The lowest BCUT2D eigenvalue weighted by Crippen LogP contribution is -2.42. The lowest BCUT2D eigenvalue weighted by molar-refractivity contribution is -0.116. The van der Waals surface area contributed by atoms with Gasteiger partial charge in [-0.3, -0.25) is 4.79 Å². The number of hydrogen-bond acceptors (Lipinski definition) is 3. The van der Waals surface area contributed by atoms with E-state index in [1.807, 2.05) is 6.92 Å². The van der Waals surface area contributed by atoms with Crippen molar-refractivity contribution in [1.82, 2.24) is 4.31 Å². The van der Waals surface area contributed by atoms with Gasteiger partial charge in [-0.2, -0.15) is 4.31 Å². The van der Waals surface area contributed by atoms with Crippen LogP contribution in [0.25, 0.3) is 0 Å². The van der Waals surface area contributed by atoms with E-state index in [1.54, 1.807) is 32.0 Å². The van der Waals surface area contributed by atoms with Gasteiger partial charge < -0.3 is 5.32 Å². The zero-order chi connectivity index (χ0) is 16.2. The fourth-order valence-corrected chi connectivity index (χ4v) is 3.21. The van der Waals surface area contributed by atoms with Crippen molar-refractivity contribution in [3.05, 3.63) is 28.8 Å². The molecule has 0 aromatic heterocycles. The molecule has 0 saturated heterocycles. The third-order valence-electron chi connectivity index (χ3n) is 3.35. The maximum atomic E-state index is 12.1. The fraction of sp³-hybridized carbons (Fsp3) is 0.500. The van der Waals surface area contributed by atoms with Crippen LogP contribution in [0.2, 0.25) is 5.02 Å². The van der Waals surface area contributed by atoms with Gasteiger partial charge in [0.05, 0.1) is 12.8 Å². The van der Waals surface area contributed by atoms with Gasteiger partial charge in [-0.25, -0.2) is 8.42 Å². The van der Waals surface area contributed by atoms with Gasteiger partial charge in [0, 0.05) is 16.8 Å². The Bertz CT molecular complexity index is 617. The Balaban J connectivity index is 2.86. The average Bonchev–Trinajstić information content (AvgIpc) is 2.39. The molecule has 1 aromatic rings. The summed E-state index contributed by atoms with van der Waals surface area (Å²) in [6.45, 7) is 5.24. The van der Waals surface area contributed by atoms with Gasteiger partial charge in [-0.05, 0) is 38.0 Å². The summed E-state index contributed by atoms with van der Waals surface area (Å²) in [4.78, 5) is 12.1. The van der Waals surface area contributed by atoms with E-state index in [0.29, 0.717) is 17.1 Å². The van der Waals surface area contributed by atoms with Crippen LogP contribution in [0.3, 0.4) is 0 Å². The molecule has 0 radical (unpaired) electrons. The summed E-state index contributed by atoms with van der Waals surface area (Å²) in [5.74, 6) is -0.383. The van der Waals surface area contributed by atoms with Crippen LogP contribution in [0.5, 0.6) is 0 Å². The van der Waals surface area contributed by atoms with Crippen molar-refractivity contribution < 1.29 is 13.2 Å². The highest BCUT2D eigenvalue weighted by molar-refractivity contribution is 7.88. The van der Waals surface area contributed by atoms with Crippen LogP contribution >= 0.6 is 11.6 Å². The van der Waals surface area contributed by atoms with E-state index in [0.717, 1.165) is 11.8 Å². The molecule has 0 bridgehead atoms. The maximum Gasteiger partial charge on any atom is 0.239 e. The molecule has 5 nitrogen and oxygen atoms in total. The van der Waals surface area contributed by atoms with Crippen molar-refractivity contribution in [3.63, 3.8) is 0 Å². The van der Waals surface area contributed by atoms with E-state index < -0.39 is 10.0 Å². The van der Waals surface area contributed by atoms with E-state index in [1.165, 1.54) is 4.31 Å². The lowest BCUT2D eigenvalue weighted by Gasteiger charge is -2.25. The average molecular weight is 333 g/mol. The number of sulfonamides is 1. The number of rotatable bonds is 6. The van der Waals surface area contributed by atoms with Gasteiger partial charge in [-0.15, -0.1) is 0 Å². The van der Waals surface area contributed by atoms with Crippen LogP contribution < -0.4 is 5.32 Å². The number of amides is 1. The molecule has 118 valence electrons. The van der Waals surface area contributed by atoms with E-state index in [2.05, 4.69) is 5.32 Å². The van der Waals surface area contributed by atoms with Crippen molar-refractivity contribution in [1.29, 1.82) is 0 Å². The maximum absolute atomic E-state index is 12.1. The van der Waals surface area contributed by atoms with Crippen LogP contribution in [0.1, 0.15) is 25.8 Å². The number of nitrogens with one attached hydrogen (secondary N) is 1. The normalized spacial score (nSPS) is 13.2. The molecule has 21 heavy (non-hydrogen) atoms. The molecule has 0 aliphatic rings. The van der Waals surface area contributed by atoms with Crippen LogP contribution in [0.4, 0.5) is 5.69 Å². The number of halogens is 1. The highest BCUT2D eigenvalue weighted by Crippen LogP contribution is 2.23. The topological polar surface area (TPSA) is 66.5 Å². The second-order valence-corrected chi connectivity index (χ2v) is 7.37. The largest absolute Gasteiger partial charge is 0.325 e. The van der Waals surface area contributed by atoms with Gasteiger partial charge in [0.2, 0.25) is 15.9 Å². The van der Waals surface area contributed by atoms with Crippen molar-refractivity contribution in [3.8, 4) is 0 Å². The van der Waals surface area contributed by atoms with Gasteiger partial charge in [0.1, 0.15) is 0 Å². The second-order valence-electron chi connectivity index (χ2n) is 5.03. The van der Waals surface area contributed by atoms with E-state index in [4.69, 9.17) is 11.6 Å². The van der Waals surface area contributed by atoms with Gasteiger partial charge in [-0.1, -0.05) is 24.6 Å². The zero-order valence-corrected chi connectivity index (χ0v) is 14.3. The summed E-state index contributed by atoms with van der Waals surface area (Å²) in [7, 11) is -3.44. The predicted octanol–water partition coefficient (Wildman–Crippen LogP) is 2.65. The van der Waals surface area contributed by atoms with Gasteiger partial charge in [0.15, 0.2) is 0 Å². The standard InChI is InChI=1S/C14H21ClN2O3S/c1-5-10(2)17(21(4,19)20)9-14(18)16-13-8-6-7-12(15)11(13)3/h6-8,10H,5,9H2,1-4H3,(H,16,18). The molecule has 0 aliphatic carbocycles. The predicted molar refractivity (Wildman–Crippen MR) is 86.1 cm³/mol. The summed E-state index contributed by atoms with van der Waals surface area (Å²) >= 11 is 5.99. The van der Waals surface area contributed by atoms with Gasteiger partial charge >= 0.3 is 0 Å². The Morgan fingerprint density at radius 1 is 1.43 bits per heavy atom. The first kappa shape index (κ1) is 17.9. The molecule has 0 saturated carbocycles. The Hall–Kier alpha value is -1.11. The van der Waals surface area contributed by atoms with Crippen LogP contribution in [0, 0.1) is 6.92 Å². The van der Waals surface area contributed by atoms with Crippen LogP contribution in [-0.4, -0.2) is 37.5 Å². The number of hydrogen-bond donors (Lipinski definition) is 1. The molecule has 1 rings (SSSR count). The molecule has 7 heteroatoms. The first-order chi connectivity index (χ1) is 9.66. The number of nitrogens with zero attached hydrogens (tertiary/aromatic N) is 1. The zero-order valence-electron chi connectivity index (χ0n) is 12.7. The highest BCUT2D eigenvalue weighted by Gasteiger charge is 2.24. The molecule has 1 atom stereocenters. The molecule has 1 aromatic carbocycles. The second kappa shape index (κ2) is 7.24. The third-order valence-corrected chi connectivity index (χ3v) is 5.10. The van der Waals surface area contributed by atoms with Crippen molar-refractivity contribution >= 4 is 33.2 Å². The molecular formula is C14H21ClN2O3S. The van der Waals surface area contributed by atoms with Crippen molar-refractivity contribution in [2.24, 2.45) is 0 Å². The van der Waals surface area contributed by atoms with Crippen molar-refractivity contribution in [2.75, 3.05) is 18.1 Å². The van der Waals surface area contributed by atoms with Crippen molar-refractivity contribution in [2.45, 2.75) is 33.2 Å². The molecule has 0 fully saturated rings. The third kappa shape index (κ3) is 4.98. The molecule has 0 aliphatic heterocycles. The Kier molecular flexibility index (Phi) is 6.19. The first-order valence-electron chi connectivity index (χ1n) is 6.68. The monoisotopic (exact) mass is 332 g/mol. The highest BCUT2D eigenvalue weighted by atomic mass is 35.5. The lowest BCUT2D eigenvalue weighted by atomic mass is 10.2. The summed E-state index contributed by atoms with van der Waals surface area (Å²) in [5.41, 5.74) is 1.34. The Morgan fingerprint density at radius 3 is 2.57 bits per heavy atom. The minimum Gasteiger partial charge on any atom is -0.325 e. The minimum atomic E-state index is -3.44. The molecular weight excluding hydrogens is 312 g/mol. The van der Waals surface area contributed by atoms with Crippen LogP contribution in [-0.2, 0) is 14.8 Å². The number of anilines is 1. The summed E-state index contributed by atoms with van der Waals surface area (Å²) < 4.78 is 24.7. The van der Waals surface area contributed by atoms with E-state index in [-0.39, 0.29) is 18.5 Å². The summed E-state index contributed by atoms with van der Waals surface area (Å²) in [5, 5.41) is 3.25. The summed E-state index contributed by atoms with van der Waals surface area (Å²) in [6, 6.07) is 4.96. The number of carbonyl (C=O) groups excluding carboxylic acids is 1. The van der Waals surface area contributed by atoms with E-state index >= 15 is 0 Å². The minimum absolute atomic E-state index is 0.209. The van der Waals surface area contributed by atoms with Gasteiger partial charge in [0.25, 0.3) is 0 Å². The SMILES string of the molecule is CCC(C)N(CC(=O)Nc1cccc(Cl)c1C)S(C)(=O)=O. The summed E-state index contributed by atoms with van der Waals surface area (Å²) in [6.07, 6.45) is 1.74. The Morgan fingerprint density at radius 2 is 2.05 bits per heavy atom. The smallest absolute Gasteiger partial charge is 0.239 e.